The van der Waals surface area contributed by atoms with E-state index in [0.717, 1.165) is 15.8 Å². The number of carbonyl (C=O) groups is 2. The highest BCUT2D eigenvalue weighted by Crippen LogP contribution is 2.26. The summed E-state index contributed by atoms with van der Waals surface area (Å²) in [6.07, 6.45) is 0.856. The van der Waals surface area contributed by atoms with Crippen LogP contribution in [0.4, 0.5) is 0 Å². The summed E-state index contributed by atoms with van der Waals surface area (Å²) < 4.78 is 6.00. The van der Waals surface area contributed by atoms with Crippen molar-refractivity contribution in [3.63, 3.8) is 0 Å². The van der Waals surface area contributed by atoms with Crippen LogP contribution < -0.4 is 4.74 Å². The molecular weight excluding hydrogens is 350 g/mol. The average Bonchev–Trinajstić information content (AvgIpc) is 2.43. The number of methoxy groups -OCH3 is 1. The Morgan fingerprint density at radius 3 is 2.55 bits per heavy atom. The van der Waals surface area contributed by atoms with Gasteiger partial charge in [0.1, 0.15) is 12.3 Å². The molecule has 0 atom stereocenters. The summed E-state index contributed by atoms with van der Waals surface area (Å²) in [7, 11) is 1.60. The first-order valence-corrected chi connectivity index (χ1v) is 7.94. The van der Waals surface area contributed by atoms with Gasteiger partial charge in [0.05, 0.1) is 11.6 Å². The molecule has 0 unspecified atom stereocenters. The van der Waals surface area contributed by atoms with Crippen LogP contribution in [0.2, 0.25) is 0 Å². The third-order valence-electron chi connectivity index (χ3n) is 3.11. The molecule has 0 radical (unpaired) electrons. The molecule has 0 aliphatic rings. The molecule has 0 heterocycles. The Kier molecular flexibility index (Phi) is 7.38. The number of nitrogens with zero attached hydrogens (tertiary/aromatic N) is 1. The van der Waals surface area contributed by atoms with Gasteiger partial charge in [-0.2, -0.15) is 0 Å². The molecule has 0 bridgehead atoms. The van der Waals surface area contributed by atoms with Crippen LogP contribution in [0, 0.1) is 5.92 Å². The zero-order valence-electron chi connectivity index (χ0n) is 13.1. The van der Waals surface area contributed by atoms with E-state index in [9.17, 15) is 9.59 Å². The SMILES string of the molecule is COc1ccc(CCC(=O)N(CC(=O)O)CC(C)C)cc1Br. The lowest BCUT2D eigenvalue weighted by Gasteiger charge is -2.22. The highest BCUT2D eigenvalue weighted by molar-refractivity contribution is 9.10. The summed E-state index contributed by atoms with van der Waals surface area (Å²) in [5, 5.41) is 8.91. The van der Waals surface area contributed by atoms with Crippen LogP contribution in [0.25, 0.3) is 0 Å². The monoisotopic (exact) mass is 371 g/mol. The second-order valence-corrected chi connectivity index (χ2v) is 6.39. The van der Waals surface area contributed by atoms with E-state index < -0.39 is 5.97 Å². The van der Waals surface area contributed by atoms with Crippen LogP contribution in [0.5, 0.6) is 5.75 Å². The summed E-state index contributed by atoms with van der Waals surface area (Å²) in [4.78, 5) is 24.5. The number of carbonyl (C=O) groups excluding carboxylic acids is 1. The maximum Gasteiger partial charge on any atom is 0.323 e. The van der Waals surface area contributed by atoms with Crippen molar-refractivity contribution in [1.82, 2.24) is 4.90 Å². The van der Waals surface area contributed by atoms with E-state index in [-0.39, 0.29) is 18.4 Å². The summed E-state index contributed by atoms with van der Waals surface area (Å²) in [5.74, 6) is -0.148. The van der Waals surface area contributed by atoms with Gasteiger partial charge in [0.15, 0.2) is 0 Å². The average molecular weight is 372 g/mol. The van der Waals surface area contributed by atoms with Gasteiger partial charge in [0.25, 0.3) is 0 Å². The van der Waals surface area contributed by atoms with Gasteiger partial charge in [0, 0.05) is 13.0 Å². The van der Waals surface area contributed by atoms with Gasteiger partial charge in [-0.3, -0.25) is 9.59 Å². The first-order valence-electron chi connectivity index (χ1n) is 7.15. The second-order valence-electron chi connectivity index (χ2n) is 5.53. The molecule has 1 amide bonds. The minimum atomic E-state index is -0.985. The molecule has 122 valence electrons. The third kappa shape index (κ3) is 6.05. The van der Waals surface area contributed by atoms with Crippen LogP contribution in [-0.2, 0) is 16.0 Å². The zero-order valence-corrected chi connectivity index (χ0v) is 14.7. The van der Waals surface area contributed by atoms with Crippen molar-refractivity contribution in [3.8, 4) is 5.75 Å². The molecule has 22 heavy (non-hydrogen) atoms. The number of hydrogen-bond donors (Lipinski definition) is 1. The summed E-state index contributed by atoms with van der Waals surface area (Å²) >= 11 is 3.41. The Morgan fingerprint density at radius 1 is 1.36 bits per heavy atom. The number of benzene rings is 1. The lowest BCUT2D eigenvalue weighted by molar-refractivity contribution is -0.144. The topological polar surface area (TPSA) is 66.8 Å². The minimum absolute atomic E-state index is 0.136. The summed E-state index contributed by atoms with van der Waals surface area (Å²) in [6, 6.07) is 5.66. The Bertz CT molecular complexity index is 531. The van der Waals surface area contributed by atoms with E-state index in [2.05, 4.69) is 15.9 Å². The number of carboxylic acids is 1. The normalized spacial score (nSPS) is 10.6. The Hall–Kier alpha value is -1.56. The zero-order chi connectivity index (χ0) is 16.7. The van der Waals surface area contributed by atoms with Crippen molar-refractivity contribution in [2.24, 2.45) is 5.92 Å². The predicted molar refractivity (Wildman–Crippen MR) is 88.1 cm³/mol. The molecule has 1 N–H and O–H groups in total. The molecule has 5 nitrogen and oxygen atoms in total. The molecule has 0 aromatic heterocycles. The fraction of sp³-hybridized carbons (Fsp3) is 0.500. The molecular formula is C16H22BrNO4. The minimum Gasteiger partial charge on any atom is -0.496 e. The molecule has 0 fully saturated rings. The van der Waals surface area contributed by atoms with Crippen molar-refractivity contribution in [3.05, 3.63) is 28.2 Å². The van der Waals surface area contributed by atoms with E-state index in [0.29, 0.717) is 19.4 Å². The van der Waals surface area contributed by atoms with Gasteiger partial charge >= 0.3 is 5.97 Å². The molecule has 6 heteroatoms. The smallest absolute Gasteiger partial charge is 0.323 e. The number of hydrogen-bond acceptors (Lipinski definition) is 3. The molecule has 0 saturated heterocycles. The van der Waals surface area contributed by atoms with Crippen molar-refractivity contribution in [2.75, 3.05) is 20.2 Å². The van der Waals surface area contributed by atoms with E-state index in [1.165, 1.54) is 4.90 Å². The number of ether oxygens (including phenoxy) is 1. The first-order chi connectivity index (χ1) is 10.3. The Labute approximate surface area is 139 Å². The Balaban J connectivity index is 2.65. The maximum atomic E-state index is 12.2. The summed E-state index contributed by atoms with van der Waals surface area (Å²) in [5.41, 5.74) is 1.00. The molecule has 0 aliphatic carbocycles. The quantitative estimate of drug-likeness (QED) is 0.762. The van der Waals surface area contributed by atoms with E-state index in [1.807, 2.05) is 32.0 Å². The largest absolute Gasteiger partial charge is 0.496 e. The lowest BCUT2D eigenvalue weighted by Crippen LogP contribution is -2.38. The molecule has 1 aromatic carbocycles. The van der Waals surface area contributed by atoms with Crippen LogP contribution in [0.1, 0.15) is 25.8 Å². The maximum absolute atomic E-state index is 12.2. The first kappa shape index (κ1) is 18.5. The molecule has 0 aliphatic heterocycles. The highest BCUT2D eigenvalue weighted by atomic mass is 79.9. The molecule has 1 aromatic rings. The van der Waals surface area contributed by atoms with E-state index >= 15 is 0 Å². The number of carboxylic acid groups (broad SMARTS) is 1. The van der Waals surface area contributed by atoms with Crippen LogP contribution in [0.3, 0.4) is 0 Å². The second kappa shape index (κ2) is 8.78. The number of halogens is 1. The van der Waals surface area contributed by atoms with E-state index in [4.69, 9.17) is 9.84 Å². The van der Waals surface area contributed by atoms with Gasteiger partial charge < -0.3 is 14.7 Å². The van der Waals surface area contributed by atoms with Crippen molar-refractivity contribution in [2.45, 2.75) is 26.7 Å². The van der Waals surface area contributed by atoms with Gasteiger partial charge in [-0.25, -0.2) is 0 Å². The van der Waals surface area contributed by atoms with Crippen molar-refractivity contribution in [1.29, 1.82) is 0 Å². The number of aryl methyl sites for hydroxylation is 1. The van der Waals surface area contributed by atoms with Crippen LogP contribution in [0.15, 0.2) is 22.7 Å². The van der Waals surface area contributed by atoms with Crippen LogP contribution in [-0.4, -0.2) is 42.1 Å². The van der Waals surface area contributed by atoms with Gasteiger partial charge in [0.2, 0.25) is 5.91 Å². The number of aliphatic carboxylic acids is 1. The number of rotatable bonds is 8. The molecule has 0 spiro atoms. The fourth-order valence-electron chi connectivity index (χ4n) is 2.13. The Morgan fingerprint density at radius 2 is 2.05 bits per heavy atom. The van der Waals surface area contributed by atoms with Crippen molar-refractivity contribution >= 4 is 27.8 Å². The number of amides is 1. The third-order valence-corrected chi connectivity index (χ3v) is 3.73. The predicted octanol–water partition coefficient (Wildman–Crippen LogP) is 2.96. The summed E-state index contributed by atoms with van der Waals surface area (Å²) in [6.45, 7) is 4.13. The van der Waals surface area contributed by atoms with Gasteiger partial charge in [-0.1, -0.05) is 19.9 Å². The standard InChI is InChI=1S/C16H22BrNO4/c1-11(2)9-18(10-16(20)21)15(19)7-5-12-4-6-14(22-3)13(17)8-12/h4,6,8,11H,5,7,9-10H2,1-3H3,(H,20,21). The molecule has 1 rings (SSSR count). The van der Waals surface area contributed by atoms with Crippen LogP contribution >= 0.6 is 15.9 Å². The lowest BCUT2D eigenvalue weighted by atomic mass is 10.1. The molecule has 0 saturated carbocycles. The van der Waals surface area contributed by atoms with Crippen molar-refractivity contribution < 1.29 is 19.4 Å². The van der Waals surface area contributed by atoms with Gasteiger partial charge in [-0.15, -0.1) is 0 Å². The van der Waals surface area contributed by atoms with E-state index in [1.54, 1.807) is 7.11 Å². The highest BCUT2D eigenvalue weighted by Gasteiger charge is 2.17. The van der Waals surface area contributed by atoms with Gasteiger partial charge in [-0.05, 0) is 46.0 Å². The fourth-order valence-corrected chi connectivity index (χ4v) is 2.72.